The minimum Gasteiger partial charge on any atom is -0.399 e. The Bertz CT molecular complexity index is 436. The van der Waals surface area contributed by atoms with Crippen molar-refractivity contribution in [3.05, 3.63) is 29.8 Å². The van der Waals surface area contributed by atoms with Crippen LogP contribution in [0.1, 0.15) is 32.3 Å². The van der Waals surface area contributed by atoms with Crippen LogP contribution in [0, 0.1) is 5.92 Å². The van der Waals surface area contributed by atoms with Gasteiger partial charge in [-0.15, -0.1) is 0 Å². The number of nitrogen functional groups attached to an aromatic ring is 1. The monoisotopic (exact) mass is 275 g/mol. The summed E-state index contributed by atoms with van der Waals surface area (Å²) < 4.78 is 0. The number of piperidine rings is 1. The van der Waals surface area contributed by atoms with E-state index in [9.17, 15) is 4.79 Å². The van der Waals surface area contributed by atoms with E-state index in [0.717, 1.165) is 49.6 Å². The average Bonchev–Trinajstić information content (AvgIpc) is 2.47. The van der Waals surface area contributed by atoms with E-state index in [1.807, 2.05) is 41.0 Å². The van der Waals surface area contributed by atoms with Crippen LogP contribution in [0.25, 0.3) is 0 Å². The molecule has 0 atom stereocenters. The minimum absolute atomic E-state index is 0.163. The fourth-order valence-corrected chi connectivity index (χ4v) is 2.56. The van der Waals surface area contributed by atoms with E-state index in [1.165, 1.54) is 0 Å². The van der Waals surface area contributed by atoms with Gasteiger partial charge in [0, 0.05) is 31.9 Å². The summed E-state index contributed by atoms with van der Waals surface area (Å²) >= 11 is 0. The number of urea groups is 1. The first-order valence-corrected chi connectivity index (χ1v) is 7.48. The van der Waals surface area contributed by atoms with Gasteiger partial charge in [0.2, 0.25) is 0 Å². The van der Waals surface area contributed by atoms with Crippen molar-refractivity contribution in [1.29, 1.82) is 0 Å². The first-order valence-electron chi connectivity index (χ1n) is 7.48. The average molecular weight is 275 g/mol. The maximum atomic E-state index is 12.5. The Hall–Kier alpha value is -1.71. The van der Waals surface area contributed by atoms with E-state index in [1.54, 1.807) is 0 Å². The molecule has 0 aliphatic carbocycles. The number of hydrogen-bond donors (Lipinski definition) is 1. The molecule has 4 heteroatoms. The third-order valence-electron chi connectivity index (χ3n) is 4.06. The van der Waals surface area contributed by atoms with Crippen molar-refractivity contribution in [2.24, 2.45) is 5.92 Å². The lowest BCUT2D eigenvalue weighted by molar-refractivity contribution is 0.134. The highest BCUT2D eigenvalue weighted by atomic mass is 16.2. The number of anilines is 1. The third-order valence-corrected chi connectivity index (χ3v) is 4.06. The van der Waals surface area contributed by atoms with E-state index >= 15 is 0 Å². The van der Waals surface area contributed by atoms with Crippen molar-refractivity contribution in [1.82, 2.24) is 9.80 Å². The van der Waals surface area contributed by atoms with Gasteiger partial charge in [-0.2, -0.15) is 0 Å². The standard InChI is InChI=1S/C16H25N3O/c1-3-18(12-14-4-6-15(17)7-5-14)16(20)19-10-8-13(2)9-11-19/h4-7,13H,3,8-12,17H2,1-2H3. The molecule has 1 saturated heterocycles. The van der Waals surface area contributed by atoms with Gasteiger partial charge in [-0.3, -0.25) is 0 Å². The summed E-state index contributed by atoms with van der Waals surface area (Å²) in [4.78, 5) is 16.4. The molecule has 20 heavy (non-hydrogen) atoms. The number of carbonyl (C=O) groups is 1. The molecule has 0 saturated carbocycles. The predicted octanol–water partition coefficient (Wildman–Crippen LogP) is 2.94. The molecule has 2 amide bonds. The van der Waals surface area contributed by atoms with Gasteiger partial charge in [0.15, 0.2) is 0 Å². The second-order valence-electron chi connectivity index (χ2n) is 5.71. The van der Waals surface area contributed by atoms with Crippen LogP contribution in [0.4, 0.5) is 10.5 Å². The fourth-order valence-electron chi connectivity index (χ4n) is 2.56. The number of benzene rings is 1. The summed E-state index contributed by atoms with van der Waals surface area (Å²) in [5.41, 5.74) is 7.57. The van der Waals surface area contributed by atoms with Crippen LogP contribution in [-0.4, -0.2) is 35.5 Å². The zero-order valence-corrected chi connectivity index (χ0v) is 12.5. The molecular formula is C16H25N3O. The van der Waals surface area contributed by atoms with Gasteiger partial charge in [-0.1, -0.05) is 19.1 Å². The van der Waals surface area contributed by atoms with Crippen molar-refractivity contribution in [2.45, 2.75) is 33.2 Å². The van der Waals surface area contributed by atoms with Gasteiger partial charge < -0.3 is 15.5 Å². The van der Waals surface area contributed by atoms with Gasteiger partial charge in [0.25, 0.3) is 0 Å². The third kappa shape index (κ3) is 3.65. The molecule has 1 aliphatic rings. The molecule has 2 N–H and O–H groups in total. The highest BCUT2D eigenvalue weighted by Gasteiger charge is 2.23. The molecule has 0 radical (unpaired) electrons. The molecule has 1 aliphatic heterocycles. The van der Waals surface area contributed by atoms with Crippen LogP contribution >= 0.6 is 0 Å². The Kier molecular flexibility index (Phi) is 4.88. The van der Waals surface area contributed by atoms with Crippen LogP contribution in [0.15, 0.2) is 24.3 Å². The molecule has 110 valence electrons. The SMILES string of the molecule is CCN(Cc1ccc(N)cc1)C(=O)N1CCC(C)CC1. The lowest BCUT2D eigenvalue weighted by Crippen LogP contribution is -2.46. The van der Waals surface area contributed by atoms with Crippen molar-refractivity contribution in [3.8, 4) is 0 Å². The second kappa shape index (κ2) is 6.64. The summed E-state index contributed by atoms with van der Waals surface area (Å²) in [7, 11) is 0. The quantitative estimate of drug-likeness (QED) is 0.862. The van der Waals surface area contributed by atoms with E-state index in [0.29, 0.717) is 6.54 Å². The first kappa shape index (κ1) is 14.7. The Morgan fingerprint density at radius 3 is 2.45 bits per heavy atom. The molecule has 0 bridgehead atoms. The summed E-state index contributed by atoms with van der Waals surface area (Å²) in [6, 6.07) is 7.91. The number of carbonyl (C=O) groups excluding carboxylic acids is 1. The van der Waals surface area contributed by atoms with Gasteiger partial charge in [0.05, 0.1) is 0 Å². The highest BCUT2D eigenvalue weighted by Crippen LogP contribution is 2.18. The number of nitrogens with zero attached hydrogens (tertiary/aromatic N) is 2. The van der Waals surface area contributed by atoms with Crippen LogP contribution in [0.3, 0.4) is 0 Å². The van der Waals surface area contributed by atoms with Crippen LogP contribution in [0.5, 0.6) is 0 Å². The van der Waals surface area contributed by atoms with E-state index in [2.05, 4.69) is 6.92 Å². The van der Waals surface area contributed by atoms with E-state index in [4.69, 9.17) is 5.73 Å². The number of rotatable bonds is 3. The first-order chi connectivity index (χ1) is 9.60. The van der Waals surface area contributed by atoms with Crippen LogP contribution < -0.4 is 5.73 Å². The summed E-state index contributed by atoms with van der Waals surface area (Å²) in [5, 5.41) is 0. The normalized spacial score (nSPS) is 16.2. The van der Waals surface area contributed by atoms with Gasteiger partial charge in [-0.25, -0.2) is 4.79 Å². The van der Waals surface area contributed by atoms with Crippen molar-refractivity contribution in [3.63, 3.8) is 0 Å². The molecule has 1 heterocycles. The number of amides is 2. The van der Waals surface area contributed by atoms with Crippen LogP contribution in [-0.2, 0) is 6.54 Å². The summed E-state index contributed by atoms with van der Waals surface area (Å²) in [5.74, 6) is 0.742. The fraction of sp³-hybridized carbons (Fsp3) is 0.562. The lowest BCUT2D eigenvalue weighted by Gasteiger charge is -2.34. The molecular weight excluding hydrogens is 250 g/mol. The smallest absolute Gasteiger partial charge is 0.320 e. The number of hydrogen-bond acceptors (Lipinski definition) is 2. The maximum Gasteiger partial charge on any atom is 0.320 e. The summed E-state index contributed by atoms with van der Waals surface area (Å²) in [6.07, 6.45) is 2.23. The topological polar surface area (TPSA) is 49.6 Å². The maximum absolute atomic E-state index is 12.5. The Labute approximate surface area is 121 Å². The van der Waals surface area contributed by atoms with Crippen molar-refractivity contribution >= 4 is 11.7 Å². The number of likely N-dealkylation sites (tertiary alicyclic amines) is 1. The largest absolute Gasteiger partial charge is 0.399 e. The molecule has 0 aromatic heterocycles. The lowest BCUT2D eigenvalue weighted by atomic mass is 9.99. The Morgan fingerprint density at radius 2 is 1.90 bits per heavy atom. The highest BCUT2D eigenvalue weighted by molar-refractivity contribution is 5.74. The predicted molar refractivity (Wildman–Crippen MR) is 82.3 cm³/mol. The van der Waals surface area contributed by atoms with Crippen molar-refractivity contribution < 1.29 is 4.79 Å². The second-order valence-corrected chi connectivity index (χ2v) is 5.71. The molecule has 1 aromatic carbocycles. The molecule has 2 rings (SSSR count). The number of nitrogens with two attached hydrogens (primary N) is 1. The zero-order chi connectivity index (χ0) is 14.5. The van der Waals surface area contributed by atoms with Gasteiger partial charge in [-0.05, 0) is 43.4 Å². The molecule has 1 aromatic rings. The van der Waals surface area contributed by atoms with Crippen molar-refractivity contribution in [2.75, 3.05) is 25.4 Å². The molecule has 4 nitrogen and oxygen atoms in total. The minimum atomic E-state index is 0.163. The Morgan fingerprint density at radius 1 is 1.30 bits per heavy atom. The molecule has 1 fully saturated rings. The van der Waals surface area contributed by atoms with E-state index < -0.39 is 0 Å². The van der Waals surface area contributed by atoms with Gasteiger partial charge in [0.1, 0.15) is 0 Å². The van der Waals surface area contributed by atoms with E-state index in [-0.39, 0.29) is 6.03 Å². The molecule has 0 unspecified atom stereocenters. The van der Waals surface area contributed by atoms with Crippen LogP contribution in [0.2, 0.25) is 0 Å². The van der Waals surface area contributed by atoms with Gasteiger partial charge >= 0.3 is 6.03 Å². The Balaban J connectivity index is 1.97. The molecule has 0 spiro atoms. The zero-order valence-electron chi connectivity index (χ0n) is 12.5. The summed E-state index contributed by atoms with van der Waals surface area (Å²) in [6.45, 7) is 7.45.